The number of aromatic nitrogens is 1. The van der Waals surface area contributed by atoms with Crippen molar-refractivity contribution in [1.29, 1.82) is 0 Å². The summed E-state index contributed by atoms with van der Waals surface area (Å²) in [7, 11) is 1.57. The van der Waals surface area contributed by atoms with Gasteiger partial charge < -0.3 is 20.3 Å². The molecule has 2 aromatic rings. The van der Waals surface area contributed by atoms with Gasteiger partial charge in [0.25, 0.3) is 0 Å². The van der Waals surface area contributed by atoms with Crippen LogP contribution < -0.4 is 15.5 Å². The van der Waals surface area contributed by atoms with Crippen LogP contribution in [0.4, 0.5) is 10.2 Å². The Kier molecular flexibility index (Phi) is 8.02. The molecule has 0 unspecified atom stereocenters. The first-order chi connectivity index (χ1) is 14.6. The van der Waals surface area contributed by atoms with Crippen molar-refractivity contribution in [3.63, 3.8) is 0 Å². The largest absolute Gasteiger partial charge is 0.380 e. The summed E-state index contributed by atoms with van der Waals surface area (Å²) in [5.74, 6) is 1.60. The maximum Gasteiger partial charge on any atom is 0.191 e. The lowest BCUT2D eigenvalue weighted by atomic mass is 10.1. The van der Waals surface area contributed by atoms with Gasteiger partial charge in [-0.25, -0.2) is 14.4 Å². The molecular weight excluding hydrogens is 381 g/mol. The molecule has 6 nitrogen and oxygen atoms in total. The third kappa shape index (κ3) is 6.16. The second-order valence-corrected chi connectivity index (χ2v) is 7.60. The molecule has 0 atom stereocenters. The predicted octanol–water partition coefficient (Wildman–Crippen LogP) is 3.40. The van der Waals surface area contributed by atoms with Gasteiger partial charge in [-0.1, -0.05) is 12.1 Å². The Morgan fingerprint density at radius 3 is 2.77 bits per heavy atom. The van der Waals surface area contributed by atoms with Crippen LogP contribution in [0.5, 0.6) is 0 Å². The highest BCUT2D eigenvalue weighted by Crippen LogP contribution is 2.18. The van der Waals surface area contributed by atoms with Crippen molar-refractivity contribution in [2.75, 3.05) is 31.6 Å². The number of guanidine groups is 1. The van der Waals surface area contributed by atoms with Crippen LogP contribution in [0.3, 0.4) is 0 Å². The Bertz CT molecular complexity index is 849. The van der Waals surface area contributed by atoms with Gasteiger partial charge in [-0.3, -0.25) is 0 Å². The molecule has 0 spiro atoms. The van der Waals surface area contributed by atoms with Crippen LogP contribution in [0.15, 0.2) is 41.4 Å². The molecule has 1 aromatic heterocycles. The van der Waals surface area contributed by atoms with E-state index in [0.717, 1.165) is 55.5 Å². The third-order valence-electron chi connectivity index (χ3n) is 5.21. The minimum Gasteiger partial charge on any atom is -0.380 e. The summed E-state index contributed by atoms with van der Waals surface area (Å²) >= 11 is 0. The van der Waals surface area contributed by atoms with Gasteiger partial charge in [-0.2, -0.15) is 0 Å². The van der Waals surface area contributed by atoms with Crippen molar-refractivity contribution in [2.24, 2.45) is 4.99 Å². The molecule has 0 radical (unpaired) electrons. The van der Waals surface area contributed by atoms with Crippen LogP contribution in [0, 0.1) is 12.7 Å². The van der Waals surface area contributed by atoms with E-state index in [4.69, 9.17) is 9.73 Å². The Morgan fingerprint density at radius 2 is 2.07 bits per heavy atom. The van der Waals surface area contributed by atoms with Crippen molar-refractivity contribution in [2.45, 2.75) is 45.9 Å². The molecule has 2 N–H and O–H groups in total. The lowest BCUT2D eigenvalue weighted by molar-refractivity contribution is 0.181. The van der Waals surface area contributed by atoms with E-state index in [9.17, 15) is 4.39 Å². The number of ether oxygens (including phenoxy) is 1. The van der Waals surface area contributed by atoms with Crippen LogP contribution in [0.25, 0.3) is 0 Å². The summed E-state index contributed by atoms with van der Waals surface area (Å²) in [6, 6.07) is 11.6. The summed E-state index contributed by atoms with van der Waals surface area (Å²) in [5, 5.41) is 6.87. The molecule has 3 rings (SSSR count). The first-order valence-electron chi connectivity index (χ1n) is 10.6. The normalized spacial score (nSPS) is 15.3. The molecule has 1 aliphatic heterocycles. The zero-order valence-electron chi connectivity index (χ0n) is 18.1. The SMILES string of the molecule is CCNC(=NCc1ccc(F)c(COC)c1)NC1CCN(c2cccc(C)n2)CC1. The third-order valence-corrected chi connectivity index (χ3v) is 5.21. The van der Waals surface area contributed by atoms with Gasteiger partial charge >= 0.3 is 0 Å². The molecule has 0 bridgehead atoms. The number of halogens is 1. The van der Waals surface area contributed by atoms with Gasteiger partial charge in [-0.05, 0) is 56.5 Å². The van der Waals surface area contributed by atoms with Crippen LogP contribution in [0.2, 0.25) is 0 Å². The first kappa shape index (κ1) is 22.0. The number of piperidine rings is 1. The van der Waals surface area contributed by atoms with E-state index in [1.165, 1.54) is 6.07 Å². The summed E-state index contributed by atoms with van der Waals surface area (Å²) < 4.78 is 18.9. The molecule has 1 saturated heterocycles. The van der Waals surface area contributed by atoms with E-state index >= 15 is 0 Å². The fraction of sp³-hybridized carbons (Fsp3) is 0.478. The number of hydrogen-bond acceptors (Lipinski definition) is 4. The summed E-state index contributed by atoms with van der Waals surface area (Å²) in [5.41, 5.74) is 2.56. The molecule has 7 heteroatoms. The standard InChI is InChI=1S/C23H32FN5O/c1-4-25-23(26-15-18-8-9-21(24)19(14-18)16-30-3)28-20-10-12-29(13-11-20)22-7-5-6-17(2)27-22/h5-9,14,20H,4,10-13,15-16H2,1-3H3,(H2,25,26,28). The first-order valence-corrected chi connectivity index (χ1v) is 10.6. The van der Waals surface area contributed by atoms with Crippen molar-refractivity contribution < 1.29 is 9.13 Å². The fourth-order valence-corrected chi connectivity index (χ4v) is 3.63. The Labute approximate surface area is 178 Å². The number of aliphatic imine (C=N–C) groups is 1. The van der Waals surface area contributed by atoms with Gasteiger partial charge in [0.05, 0.1) is 13.2 Å². The number of nitrogens with one attached hydrogen (secondary N) is 2. The fourth-order valence-electron chi connectivity index (χ4n) is 3.63. The molecule has 0 saturated carbocycles. The maximum absolute atomic E-state index is 13.8. The monoisotopic (exact) mass is 413 g/mol. The second kappa shape index (κ2) is 10.9. The second-order valence-electron chi connectivity index (χ2n) is 7.60. The van der Waals surface area contributed by atoms with Crippen molar-refractivity contribution >= 4 is 11.8 Å². The number of aryl methyl sites for hydroxylation is 1. The Balaban J connectivity index is 1.57. The summed E-state index contributed by atoms with van der Waals surface area (Å²) in [6.45, 7) is 7.54. The van der Waals surface area contributed by atoms with Crippen LogP contribution in [-0.2, 0) is 17.9 Å². The average molecular weight is 414 g/mol. The van der Waals surface area contributed by atoms with E-state index in [1.807, 2.05) is 19.1 Å². The Morgan fingerprint density at radius 1 is 1.27 bits per heavy atom. The number of benzene rings is 1. The molecule has 30 heavy (non-hydrogen) atoms. The molecule has 0 amide bonds. The van der Waals surface area contributed by atoms with Crippen LogP contribution >= 0.6 is 0 Å². The zero-order valence-corrected chi connectivity index (χ0v) is 18.1. The number of anilines is 1. The predicted molar refractivity (Wildman–Crippen MR) is 119 cm³/mol. The quantitative estimate of drug-likeness (QED) is 0.538. The summed E-state index contributed by atoms with van der Waals surface area (Å²) in [4.78, 5) is 11.7. The zero-order chi connectivity index (χ0) is 21.3. The molecule has 0 aliphatic carbocycles. The van der Waals surface area contributed by atoms with Gasteiger partial charge in [0, 0.05) is 44.0 Å². The topological polar surface area (TPSA) is 61.8 Å². The number of rotatable bonds is 7. The number of pyridine rings is 1. The molecule has 2 heterocycles. The van der Waals surface area contributed by atoms with Crippen molar-refractivity contribution in [1.82, 2.24) is 15.6 Å². The van der Waals surface area contributed by atoms with Gasteiger partial charge in [0.1, 0.15) is 11.6 Å². The number of methoxy groups -OCH3 is 1. The van der Waals surface area contributed by atoms with Gasteiger partial charge in [0.2, 0.25) is 0 Å². The lowest BCUT2D eigenvalue weighted by Gasteiger charge is -2.34. The van der Waals surface area contributed by atoms with E-state index in [0.29, 0.717) is 18.2 Å². The molecule has 1 fully saturated rings. The molecule has 162 valence electrons. The van der Waals surface area contributed by atoms with Crippen molar-refractivity contribution in [3.05, 3.63) is 59.0 Å². The Hall–Kier alpha value is -2.67. The molecular formula is C23H32FN5O. The van der Waals surface area contributed by atoms with Gasteiger partial charge in [-0.15, -0.1) is 0 Å². The van der Waals surface area contributed by atoms with E-state index in [1.54, 1.807) is 13.2 Å². The van der Waals surface area contributed by atoms with E-state index < -0.39 is 0 Å². The average Bonchev–Trinajstić information content (AvgIpc) is 2.75. The smallest absolute Gasteiger partial charge is 0.191 e. The lowest BCUT2D eigenvalue weighted by Crippen LogP contribution is -2.48. The number of hydrogen-bond donors (Lipinski definition) is 2. The maximum atomic E-state index is 13.8. The molecule has 1 aliphatic rings. The van der Waals surface area contributed by atoms with Crippen LogP contribution in [-0.4, -0.2) is 43.7 Å². The highest BCUT2D eigenvalue weighted by Gasteiger charge is 2.21. The minimum atomic E-state index is -0.246. The number of nitrogens with zero attached hydrogens (tertiary/aromatic N) is 3. The highest BCUT2D eigenvalue weighted by molar-refractivity contribution is 5.80. The van der Waals surface area contributed by atoms with Gasteiger partial charge in [0.15, 0.2) is 5.96 Å². The van der Waals surface area contributed by atoms with Crippen molar-refractivity contribution in [3.8, 4) is 0 Å². The van der Waals surface area contributed by atoms with E-state index in [-0.39, 0.29) is 12.4 Å². The minimum absolute atomic E-state index is 0.246. The van der Waals surface area contributed by atoms with E-state index in [2.05, 4.69) is 39.6 Å². The highest BCUT2D eigenvalue weighted by atomic mass is 19.1. The summed E-state index contributed by atoms with van der Waals surface area (Å²) in [6.07, 6.45) is 2.04. The molecule has 1 aromatic carbocycles. The van der Waals surface area contributed by atoms with Crippen LogP contribution in [0.1, 0.15) is 36.6 Å².